The Kier molecular flexibility index (Phi) is 6.01. The molecule has 6 heteroatoms. The van der Waals surface area contributed by atoms with E-state index in [-0.39, 0.29) is 12.5 Å². The van der Waals surface area contributed by atoms with E-state index in [0.717, 1.165) is 44.6 Å². The molecular formula is C20H25F3N2O. The summed E-state index contributed by atoms with van der Waals surface area (Å²) in [4.78, 5) is 16.4. The van der Waals surface area contributed by atoms with Gasteiger partial charge in [0.2, 0.25) is 5.91 Å². The van der Waals surface area contributed by atoms with Crippen molar-refractivity contribution in [1.29, 1.82) is 0 Å². The molecule has 1 heterocycles. The number of hydrogen-bond acceptors (Lipinski definition) is 2. The summed E-state index contributed by atoms with van der Waals surface area (Å²) in [5.41, 5.74) is -0.136. The van der Waals surface area contributed by atoms with Crippen molar-refractivity contribution in [3.05, 3.63) is 47.5 Å². The first-order valence-electron chi connectivity index (χ1n) is 9.23. The fourth-order valence-corrected chi connectivity index (χ4v) is 3.71. The molecule has 3 nitrogen and oxygen atoms in total. The van der Waals surface area contributed by atoms with Gasteiger partial charge in [-0.3, -0.25) is 4.79 Å². The summed E-state index contributed by atoms with van der Waals surface area (Å²) in [6, 6.07) is 5.27. The minimum atomic E-state index is -4.36. The van der Waals surface area contributed by atoms with Gasteiger partial charge in [-0.25, -0.2) is 0 Å². The Labute approximate surface area is 152 Å². The Balaban J connectivity index is 1.59. The van der Waals surface area contributed by atoms with Crippen molar-refractivity contribution in [3.63, 3.8) is 0 Å². The van der Waals surface area contributed by atoms with E-state index in [4.69, 9.17) is 0 Å². The summed E-state index contributed by atoms with van der Waals surface area (Å²) >= 11 is 0. The molecule has 1 atom stereocenters. The van der Waals surface area contributed by atoms with E-state index < -0.39 is 11.7 Å². The van der Waals surface area contributed by atoms with Crippen molar-refractivity contribution < 1.29 is 18.0 Å². The number of nitrogens with zero attached hydrogens (tertiary/aromatic N) is 2. The van der Waals surface area contributed by atoms with Gasteiger partial charge in [0.15, 0.2) is 0 Å². The SMILES string of the molecule is O=C1CCN(CC2CC=CCC2)CCN1Cc1cccc(C(F)(F)F)c1. The monoisotopic (exact) mass is 366 g/mol. The molecule has 1 saturated heterocycles. The van der Waals surface area contributed by atoms with E-state index >= 15 is 0 Å². The van der Waals surface area contributed by atoms with Crippen LogP contribution in [-0.4, -0.2) is 41.9 Å². The van der Waals surface area contributed by atoms with Gasteiger partial charge < -0.3 is 9.80 Å². The number of amides is 1. The molecule has 2 aliphatic rings. The predicted octanol–water partition coefficient (Wildman–Crippen LogP) is 4.10. The number of allylic oxidation sites excluding steroid dienone is 2. The van der Waals surface area contributed by atoms with Crippen LogP contribution in [0.25, 0.3) is 0 Å². The van der Waals surface area contributed by atoms with Crippen LogP contribution in [0.2, 0.25) is 0 Å². The average molecular weight is 366 g/mol. The standard InChI is InChI=1S/C20H25F3N2O/c21-20(22,23)18-8-4-7-17(13-18)15-25-12-11-24(10-9-19(25)26)14-16-5-2-1-3-6-16/h1-2,4,7-8,13,16H,3,5-6,9-12,14-15H2. The molecule has 1 aromatic rings. The van der Waals surface area contributed by atoms with E-state index in [1.807, 2.05) is 0 Å². The Morgan fingerprint density at radius 3 is 2.69 bits per heavy atom. The van der Waals surface area contributed by atoms with Crippen molar-refractivity contribution in [1.82, 2.24) is 9.80 Å². The molecular weight excluding hydrogens is 341 g/mol. The van der Waals surface area contributed by atoms with Gasteiger partial charge in [-0.1, -0.05) is 24.3 Å². The predicted molar refractivity (Wildman–Crippen MR) is 94.4 cm³/mol. The lowest BCUT2D eigenvalue weighted by Gasteiger charge is -2.27. The summed E-state index contributed by atoms with van der Waals surface area (Å²) in [6.07, 6.45) is 3.94. The molecule has 0 spiro atoms. The van der Waals surface area contributed by atoms with Crippen LogP contribution in [0.1, 0.15) is 36.8 Å². The number of alkyl halides is 3. The lowest BCUT2D eigenvalue weighted by molar-refractivity contribution is -0.137. The molecule has 0 N–H and O–H groups in total. The van der Waals surface area contributed by atoms with Crippen molar-refractivity contribution in [2.45, 2.75) is 38.4 Å². The van der Waals surface area contributed by atoms with E-state index in [9.17, 15) is 18.0 Å². The molecule has 1 aliphatic carbocycles. The average Bonchev–Trinajstić information content (AvgIpc) is 2.78. The van der Waals surface area contributed by atoms with Gasteiger partial charge in [-0.05, 0) is 42.9 Å². The molecule has 3 rings (SSSR count). The van der Waals surface area contributed by atoms with Crippen molar-refractivity contribution in [2.24, 2.45) is 5.92 Å². The van der Waals surface area contributed by atoms with Gasteiger partial charge >= 0.3 is 6.18 Å². The second-order valence-electron chi connectivity index (χ2n) is 7.21. The van der Waals surface area contributed by atoms with Gasteiger partial charge in [0.05, 0.1) is 5.56 Å². The highest BCUT2D eigenvalue weighted by Crippen LogP contribution is 2.30. The largest absolute Gasteiger partial charge is 0.416 e. The minimum Gasteiger partial charge on any atom is -0.337 e. The van der Waals surface area contributed by atoms with E-state index in [1.54, 1.807) is 11.0 Å². The third-order valence-corrected chi connectivity index (χ3v) is 5.20. The summed E-state index contributed by atoms with van der Waals surface area (Å²) in [5.74, 6) is 0.665. The van der Waals surface area contributed by atoms with E-state index in [0.29, 0.717) is 24.4 Å². The molecule has 0 bridgehead atoms. The lowest BCUT2D eigenvalue weighted by atomic mass is 9.94. The van der Waals surface area contributed by atoms with E-state index in [1.165, 1.54) is 12.5 Å². The van der Waals surface area contributed by atoms with Crippen LogP contribution < -0.4 is 0 Å². The molecule has 0 radical (unpaired) electrons. The first kappa shape index (κ1) is 19.0. The van der Waals surface area contributed by atoms with Crippen molar-refractivity contribution in [2.75, 3.05) is 26.2 Å². The van der Waals surface area contributed by atoms with Crippen LogP contribution in [0.4, 0.5) is 13.2 Å². The Morgan fingerprint density at radius 2 is 1.96 bits per heavy atom. The Hall–Kier alpha value is -1.82. The zero-order chi connectivity index (χ0) is 18.6. The molecule has 1 aliphatic heterocycles. The highest BCUT2D eigenvalue weighted by molar-refractivity contribution is 5.76. The quantitative estimate of drug-likeness (QED) is 0.749. The fourth-order valence-electron chi connectivity index (χ4n) is 3.71. The molecule has 1 fully saturated rings. The maximum Gasteiger partial charge on any atom is 0.416 e. The van der Waals surface area contributed by atoms with Crippen LogP contribution in [0.15, 0.2) is 36.4 Å². The van der Waals surface area contributed by atoms with Crippen molar-refractivity contribution in [3.8, 4) is 0 Å². The zero-order valence-corrected chi connectivity index (χ0v) is 14.8. The number of benzene rings is 1. The van der Waals surface area contributed by atoms with Gasteiger partial charge in [-0.2, -0.15) is 13.2 Å². The first-order chi connectivity index (χ1) is 12.4. The number of hydrogen-bond donors (Lipinski definition) is 0. The second-order valence-corrected chi connectivity index (χ2v) is 7.21. The van der Waals surface area contributed by atoms with Gasteiger partial charge in [-0.15, -0.1) is 0 Å². The van der Waals surface area contributed by atoms with Crippen LogP contribution in [-0.2, 0) is 17.5 Å². The summed E-state index contributed by atoms with van der Waals surface area (Å²) in [5, 5.41) is 0. The van der Waals surface area contributed by atoms with Crippen LogP contribution in [0.3, 0.4) is 0 Å². The lowest BCUT2D eigenvalue weighted by Crippen LogP contribution is -2.35. The Morgan fingerprint density at radius 1 is 1.12 bits per heavy atom. The van der Waals surface area contributed by atoms with Gasteiger partial charge in [0.1, 0.15) is 0 Å². The third-order valence-electron chi connectivity index (χ3n) is 5.20. The fraction of sp³-hybridized carbons (Fsp3) is 0.550. The molecule has 1 unspecified atom stereocenters. The second kappa shape index (κ2) is 8.25. The van der Waals surface area contributed by atoms with Gasteiger partial charge in [0, 0.05) is 39.1 Å². The molecule has 1 aromatic carbocycles. The summed E-state index contributed by atoms with van der Waals surface area (Å²) in [6.45, 7) is 3.32. The molecule has 0 saturated carbocycles. The van der Waals surface area contributed by atoms with Crippen LogP contribution >= 0.6 is 0 Å². The highest BCUT2D eigenvalue weighted by atomic mass is 19.4. The molecule has 0 aromatic heterocycles. The highest BCUT2D eigenvalue weighted by Gasteiger charge is 2.30. The molecule has 142 valence electrons. The summed E-state index contributed by atoms with van der Waals surface area (Å²) < 4.78 is 38.6. The number of carbonyl (C=O) groups excluding carboxylic acids is 1. The number of carbonyl (C=O) groups is 1. The zero-order valence-electron chi connectivity index (χ0n) is 14.8. The topological polar surface area (TPSA) is 23.6 Å². The Bertz CT molecular complexity index is 657. The maximum absolute atomic E-state index is 12.9. The van der Waals surface area contributed by atoms with Crippen LogP contribution in [0.5, 0.6) is 0 Å². The normalized spacial score (nSPS) is 22.5. The van der Waals surface area contributed by atoms with Crippen molar-refractivity contribution >= 4 is 5.91 Å². The smallest absolute Gasteiger partial charge is 0.337 e. The molecule has 26 heavy (non-hydrogen) atoms. The maximum atomic E-state index is 12.9. The summed E-state index contributed by atoms with van der Waals surface area (Å²) in [7, 11) is 0. The van der Waals surface area contributed by atoms with E-state index in [2.05, 4.69) is 17.1 Å². The van der Waals surface area contributed by atoms with Crippen LogP contribution in [0, 0.1) is 5.92 Å². The number of rotatable bonds is 4. The third kappa shape index (κ3) is 5.10. The molecule has 1 amide bonds. The first-order valence-corrected chi connectivity index (χ1v) is 9.23. The van der Waals surface area contributed by atoms with Gasteiger partial charge in [0.25, 0.3) is 0 Å². The number of halogens is 3. The minimum absolute atomic E-state index is 0.0217.